The first kappa shape index (κ1) is 20.7. The van der Waals surface area contributed by atoms with Crippen molar-refractivity contribution in [2.24, 2.45) is 0 Å². The summed E-state index contributed by atoms with van der Waals surface area (Å²) in [7, 11) is 0. The molecule has 0 unspecified atom stereocenters. The van der Waals surface area contributed by atoms with Crippen LogP contribution in [0.25, 0.3) is 11.1 Å². The smallest absolute Gasteiger partial charge is 0.165 e. The van der Waals surface area contributed by atoms with Gasteiger partial charge in [-0.1, -0.05) is 48.5 Å². The molecule has 0 saturated carbocycles. The minimum atomic E-state index is -0.781. The van der Waals surface area contributed by atoms with Crippen LogP contribution in [0.5, 0.6) is 5.75 Å². The Morgan fingerprint density at radius 3 is 2.28 bits per heavy atom. The average Bonchev–Trinajstić information content (AvgIpc) is 2.73. The van der Waals surface area contributed by atoms with Crippen molar-refractivity contribution in [1.82, 2.24) is 0 Å². The summed E-state index contributed by atoms with van der Waals surface area (Å²) in [5.41, 5.74) is 3.29. The van der Waals surface area contributed by atoms with Crippen molar-refractivity contribution >= 4 is 0 Å². The van der Waals surface area contributed by atoms with E-state index >= 15 is 0 Å². The van der Waals surface area contributed by atoms with Crippen LogP contribution in [0.3, 0.4) is 0 Å². The lowest BCUT2D eigenvalue weighted by molar-refractivity contribution is 0.308. The maximum absolute atomic E-state index is 14.2. The molecule has 3 rings (SSSR count). The third-order valence-corrected chi connectivity index (χ3v) is 4.84. The first-order valence-corrected chi connectivity index (χ1v) is 9.55. The molecule has 0 radical (unpaired) electrons. The zero-order valence-corrected chi connectivity index (χ0v) is 16.4. The fourth-order valence-corrected chi connectivity index (χ4v) is 3.07. The topological polar surface area (TPSA) is 9.23 Å². The Bertz CT molecular complexity index is 994. The predicted molar refractivity (Wildman–Crippen MR) is 111 cm³/mol. The molecule has 4 heteroatoms. The molecule has 0 spiro atoms. The van der Waals surface area contributed by atoms with E-state index in [0.29, 0.717) is 37.0 Å². The minimum absolute atomic E-state index is 0.222. The molecule has 150 valence electrons. The van der Waals surface area contributed by atoms with Crippen LogP contribution in [-0.2, 0) is 12.8 Å². The van der Waals surface area contributed by atoms with Crippen LogP contribution in [0, 0.1) is 24.4 Å². The number of aryl methyl sites for hydroxylation is 3. The Morgan fingerprint density at radius 1 is 0.862 bits per heavy atom. The van der Waals surface area contributed by atoms with Crippen molar-refractivity contribution in [3.05, 3.63) is 101 Å². The number of halogens is 3. The Kier molecular flexibility index (Phi) is 6.76. The van der Waals surface area contributed by atoms with E-state index in [4.69, 9.17) is 4.74 Å². The Labute approximate surface area is 169 Å². The van der Waals surface area contributed by atoms with Gasteiger partial charge in [0.2, 0.25) is 0 Å². The zero-order chi connectivity index (χ0) is 20.8. The predicted octanol–water partition coefficient (Wildman–Crippen LogP) is 6.82. The van der Waals surface area contributed by atoms with Crippen molar-refractivity contribution < 1.29 is 17.9 Å². The fourth-order valence-electron chi connectivity index (χ4n) is 3.07. The molecule has 0 heterocycles. The molecule has 0 aromatic heterocycles. The highest BCUT2D eigenvalue weighted by Gasteiger charge is 2.11. The standard InChI is InChI=1S/C25H23F3O/c1-3-4-15-29-23-14-13-21(16-22(23)26)19-10-6-18(7-11-19)8-12-20-9-5-17(2)24(27)25(20)28/h3,5-7,9-11,13-14,16H,1,4,8,12,15H2,2H3. The van der Waals surface area contributed by atoms with Gasteiger partial charge < -0.3 is 4.74 Å². The van der Waals surface area contributed by atoms with Gasteiger partial charge >= 0.3 is 0 Å². The van der Waals surface area contributed by atoms with Crippen LogP contribution < -0.4 is 4.74 Å². The van der Waals surface area contributed by atoms with Crippen molar-refractivity contribution in [1.29, 1.82) is 0 Å². The lowest BCUT2D eigenvalue weighted by Gasteiger charge is -2.09. The lowest BCUT2D eigenvalue weighted by atomic mass is 9.99. The summed E-state index contributed by atoms with van der Waals surface area (Å²) in [6.45, 7) is 5.54. The molecule has 3 aromatic carbocycles. The van der Waals surface area contributed by atoms with E-state index in [2.05, 4.69) is 6.58 Å². The van der Waals surface area contributed by atoms with Gasteiger partial charge in [-0.05, 0) is 66.1 Å². The minimum Gasteiger partial charge on any atom is -0.490 e. The van der Waals surface area contributed by atoms with Gasteiger partial charge in [0, 0.05) is 0 Å². The van der Waals surface area contributed by atoms with Crippen LogP contribution in [0.1, 0.15) is 23.1 Å². The molecule has 0 fully saturated rings. The molecular formula is C25H23F3O. The second-order valence-electron chi connectivity index (χ2n) is 6.94. The van der Waals surface area contributed by atoms with Crippen molar-refractivity contribution in [3.63, 3.8) is 0 Å². The van der Waals surface area contributed by atoms with E-state index in [-0.39, 0.29) is 5.75 Å². The summed E-state index contributed by atoms with van der Waals surface area (Å²) >= 11 is 0. The Morgan fingerprint density at radius 2 is 1.59 bits per heavy atom. The number of hydrogen-bond donors (Lipinski definition) is 0. The van der Waals surface area contributed by atoms with Gasteiger partial charge in [-0.15, -0.1) is 6.58 Å². The number of benzene rings is 3. The van der Waals surface area contributed by atoms with E-state index in [1.165, 1.54) is 6.07 Å². The molecule has 0 amide bonds. The Hall–Kier alpha value is -3.01. The number of rotatable bonds is 8. The van der Waals surface area contributed by atoms with Gasteiger partial charge in [0.15, 0.2) is 23.2 Å². The zero-order valence-electron chi connectivity index (χ0n) is 16.4. The van der Waals surface area contributed by atoms with Crippen molar-refractivity contribution in [2.75, 3.05) is 6.61 Å². The molecule has 29 heavy (non-hydrogen) atoms. The lowest BCUT2D eigenvalue weighted by Crippen LogP contribution is -1.99. The van der Waals surface area contributed by atoms with Gasteiger partial charge in [-0.25, -0.2) is 13.2 Å². The SMILES string of the molecule is C=CCCOc1ccc(-c2ccc(CCc3ccc(C)c(F)c3F)cc2)cc1F. The summed E-state index contributed by atoms with van der Waals surface area (Å²) in [4.78, 5) is 0. The number of ether oxygens (including phenoxy) is 1. The van der Waals surface area contributed by atoms with Gasteiger partial charge in [-0.2, -0.15) is 0 Å². The highest BCUT2D eigenvalue weighted by Crippen LogP contribution is 2.26. The highest BCUT2D eigenvalue weighted by molar-refractivity contribution is 5.64. The van der Waals surface area contributed by atoms with Crippen LogP contribution in [-0.4, -0.2) is 6.61 Å². The van der Waals surface area contributed by atoms with Gasteiger partial charge in [0.25, 0.3) is 0 Å². The van der Waals surface area contributed by atoms with Crippen LogP contribution >= 0.6 is 0 Å². The van der Waals surface area contributed by atoms with Crippen molar-refractivity contribution in [3.8, 4) is 16.9 Å². The third-order valence-electron chi connectivity index (χ3n) is 4.84. The maximum atomic E-state index is 14.2. The summed E-state index contributed by atoms with van der Waals surface area (Å²) in [5, 5.41) is 0. The molecule has 1 nitrogen and oxygen atoms in total. The van der Waals surface area contributed by atoms with Gasteiger partial charge in [-0.3, -0.25) is 0 Å². The monoisotopic (exact) mass is 396 g/mol. The Balaban J connectivity index is 1.66. The van der Waals surface area contributed by atoms with Crippen LogP contribution in [0.4, 0.5) is 13.2 Å². The molecule has 0 saturated heterocycles. The number of hydrogen-bond acceptors (Lipinski definition) is 1. The van der Waals surface area contributed by atoms with Crippen LogP contribution in [0.2, 0.25) is 0 Å². The molecule has 3 aromatic rings. The first-order chi connectivity index (χ1) is 14.0. The normalized spacial score (nSPS) is 10.8. The first-order valence-electron chi connectivity index (χ1n) is 9.55. The van der Waals surface area contributed by atoms with Gasteiger partial charge in [0.1, 0.15) is 0 Å². The van der Waals surface area contributed by atoms with Gasteiger partial charge in [0.05, 0.1) is 6.61 Å². The van der Waals surface area contributed by atoms with E-state index in [1.54, 1.807) is 31.2 Å². The van der Waals surface area contributed by atoms with Crippen LogP contribution in [0.15, 0.2) is 67.3 Å². The molecule has 0 N–H and O–H groups in total. The second-order valence-corrected chi connectivity index (χ2v) is 6.94. The third kappa shape index (κ3) is 5.08. The molecule has 0 bridgehead atoms. The van der Waals surface area contributed by atoms with E-state index in [1.807, 2.05) is 30.3 Å². The molecule has 0 atom stereocenters. The quantitative estimate of drug-likeness (QED) is 0.300. The summed E-state index contributed by atoms with van der Waals surface area (Å²) in [6, 6.07) is 15.7. The average molecular weight is 396 g/mol. The van der Waals surface area contributed by atoms with E-state index in [9.17, 15) is 13.2 Å². The largest absolute Gasteiger partial charge is 0.490 e. The summed E-state index contributed by atoms with van der Waals surface area (Å²) < 4.78 is 47.3. The van der Waals surface area contributed by atoms with E-state index < -0.39 is 17.5 Å². The summed E-state index contributed by atoms with van der Waals surface area (Å²) in [6.07, 6.45) is 3.37. The highest BCUT2D eigenvalue weighted by atomic mass is 19.2. The summed E-state index contributed by atoms with van der Waals surface area (Å²) in [5.74, 6) is -1.74. The second kappa shape index (κ2) is 9.46. The fraction of sp³-hybridized carbons (Fsp3) is 0.200. The molecule has 0 aliphatic heterocycles. The van der Waals surface area contributed by atoms with Crippen molar-refractivity contribution in [2.45, 2.75) is 26.2 Å². The molecular weight excluding hydrogens is 373 g/mol. The van der Waals surface area contributed by atoms with E-state index in [0.717, 1.165) is 16.7 Å². The molecule has 0 aliphatic rings. The molecule has 0 aliphatic carbocycles. The maximum Gasteiger partial charge on any atom is 0.165 e.